The van der Waals surface area contributed by atoms with Gasteiger partial charge >= 0.3 is 0 Å². The highest BCUT2D eigenvalue weighted by atomic mass is 16.5. The van der Waals surface area contributed by atoms with Crippen molar-refractivity contribution in [1.29, 1.82) is 0 Å². The lowest BCUT2D eigenvalue weighted by molar-refractivity contribution is -0.163. The Kier molecular flexibility index (Phi) is 6.01. The van der Waals surface area contributed by atoms with Gasteiger partial charge in [-0.25, -0.2) is 0 Å². The summed E-state index contributed by atoms with van der Waals surface area (Å²) in [6.07, 6.45) is 0. The fourth-order valence-electron chi connectivity index (χ4n) is 4.31. The zero-order valence-electron chi connectivity index (χ0n) is 17.1. The molecular weight excluding hydrogens is 382 g/mol. The number of ether oxygens (including phenoxy) is 2. The molecule has 2 heterocycles. The van der Waals surface area contributed by atoms with E-state index in [0.717, 1.165) is 16.9 Å². The summed E-state index contributed by atoms with van der Waals surface area (Å²) in [5, 5.41) is 5.87. The van der Waals surface area contributed by atoms with Crippen molar-refractivity contribution in [2.75, 3.05) is 33.4 Å². The van der Waals surface area contributed by atoms with Crippen molar-refractivity contribution in [3.8, 4) is 5.75 Å². The first-order chi connectivity index (χ1) is 14.6. The monoisotopic (exact) mass is 409 g/mol. The fourth-order valence-corrected chi connectivity index (χ4v) is 4.31. The summed E-state index contributed by atoms with van der Waals surface area (Å²) >= 11 is 0. The minimum atomic E-state index is -1.15. The average molecular weight is 409 g/mol. The van der Waals surface area contributed by atoms with Crippen LogP contribution in [0.25, 0.3) is 0 Å². The average Bonchev–Trinajstić information content (AvgIpc) is 3.13. The molecule has 0 radical (unpaired) electrons. The number of carbonyl (C=O) groups is 2. The van der Waals surface area contributed by atoms with Gasteiger partial charge in [-0.3, -0.25) is 14.5 Å². The zero-order chi connectivity index (χ0) is 21.0. The Bertz CT molecular complexity index is 904. The molecule has 2 saturated heterocycles. The van der Waals surface area contributed by atoms with Gasteiger partial charge in [-0.05, 0) is 11.6 Å². The van der Waals surface area contributed by atoms with Crippen LogP contribution in [0.2, 0.25) is 0 Å². The van der Waals surface area contributed by atoms with Gasteiger partial charge in [-0.15, -0.1) is 0 Å². The van der Waals surface area contributed by atoms with Crippen LogP contribution >= 0.6 is 0 Å². The smallest absolute Gasteiger partial charge is 0.254 e. The van der Waals surface area contributed by atoms with Crippen molar-refractivity contribution in [3.05, 3.63) is 65.7 Å². The van der Waals surface area contributed by atoms with Crippen molar-refractivity contribution >= 4 is 11.8 Å². The highest BCUT2D eigenvalue weighted by molar-refractivity contribution is 5.94. The lowest BCUT2D eigenvalue weighted by atomic mass is 9.87. The Balaban J connectivity index is 1.51. The third-order valence-corrected chi connectivity index (χ3v) is 5.80. The molecule has 2 fully saturated rings. The Hall–Kier alpha value is -2.90. The molecule has 1 spiro atoms. The Morgan fingerprint density at radius 3 is 2.77 bits per heavy atom. The molecule has 7 nitrogen and oxygen atoms in total. The first kappa shape index (κ1) is 20.4. The molecule has 2 aliphatic heterocycles. The predicted octanol–water partition coefficient (Wildman–Crippen LogP) is 1.33. The van der Waals surface area contributed by atoms with E-state index in [2.05, 4.69) is 15.5 Å². The molecule has 0 unspecified atom stereocenters. The van der Waals surface area contributed by atoms with Gasteiger partial charge in [-0.1, -0.05) is 48.5 Å². The van der Waals surface area contributed by atoms with Gasteiger partial charge in [0.25, 0.3) is 5.91 Å². The van der Waals surface area contributed by atoms with Crippen LogP contribution in [-0.2, 0) is 27.4 Å². The third kappa shape index (κ3) is 4.04. The van der Waals surface area contributed by atoms with Gasteiger partial charge in [0.1, 0.15) is 5.75 Å². The summed E-state index contributed by atoms with van der Waals surface area (Å²) in [6.45, 7) is 2.71. The zero-order valence-corrected chi connectivity index (χ0v) is 17.1. The molecule has 30 heavy (non-hydrogen) atoms. The molecule has 0 aliphatic carbocycles. The maximum Gasteiger partial charge on any atom is 0.254 e. The molecule has 158 valence electrons. The molecule has 4 rings (SSSR count). The SMILES string of the molecule is COc1ccccc1CNC(=O)[C@H]1CN(Cc2ccccc2)C[C@@]12OCCNC2=O. The van der Waals surface area contributed by atoms with Gasteiger partial charge in [0.05, 0.1) is 19.6 Å². The Morgan fingerprint density at radius 2 is 2.00 bits per heavy atom. The molecular formula is C23H27N3O4. The van der Waals surface area contributed by atoms with Crippen LogP contribution in [0.1, 0.15) is 11.1 Å². The second-order valence-electron chi connectivity index (χ2n) is 7.73. The number of rotatable bonds is 6. The molecule has 0 aromatic heterocycles. The second kappa shape index (κ2) is 8.85. The number of hydrogen-bond acceptors (Lipinski definition) is 5. The standard InChI is InChI=1S/C23H27N3O4/c1-29-20-10-6-5-9-18(20)13-25-21(27)19-15-26(14-17-7-3-2-4-8-17)16-23(19)22(28)24-11-12-30-23/h2-10,19H,11-16H2,1H3,(H,24,28)(H,25,27)/t19-,23-/m1/s1. The van der Waals surface area contributed by atoms with Gasteiger partial charge in [-0.2, -0.15) is 0 Å². The lowest BCUT2D eigenvalue weighted by Gasteiger charge is -2.36. The summed E-state index contributed by atoms with van der Waals surface area (Å²) in [5.41, 5.74) is 0.868. The van der Waals surface area contributed by atoms with E-state index in [-0.39, 0.29) is 11.8 Å². The number of nitrogens with zero attached hydrogens (tertiary/aromatic N) is 1. The summed E-state index contributed by atoms with van der Waals surface area (Å²) in [4.78, 5) is 28.2. The number of amides is 2. The molecule has 2 aromatic rings. The number of hydrogen-bond donors (Lipinski definition) is 2. The molecule has 2 aliphatic rings. The van der Waals surface area contributed by atoms with E-state index >= 15 is 0 Å². The van der Waals surface area contributed by atoms with Gasteiger partial charge < -0.3 is 20.1 Å². The number of methoxy groups -OCH3 is 1. The fraction of sp³-hybridized carbons (Fsp3) is 0.391. The van der Waals surface area contributed by atoms with Crippen LogP contribution in [0.5, 0.6) is 5.75 Å². The maximum absolute atomic E-state index is 13.2. The summed E-state index contributed by atoms with van der Waals surface area (Å²) < 4.78 is 11.4. The molecule has 2 atom stereocenters. The highest BCUT2D eigenvalue weighted by Crippen LogP contribution is 2.34. The predicted molar refractivity (Wildman–Crippen MR) is 112 cm³/mol. The largest absolute Gasteiger partial charge is 0.496 e. The van der Waals surface area contributed by atoms with E-state index < -0.39 is 11.5 Å². The van der Waals surface area contributed by atoms with Crippen molar-refractivity contribution in [2.45, 2.75) is 18.7 Å². The van der Waals surface area contributed by atoms with Crippen molar-refractivity contribution in [2.24, 2.45) is 5.92 Å². The number of morpholine rings is 1. The van der Waals surface area contributed by atoms with Crippen molar-refractivity contribution in [1.82, 2.24) is 15.5 Å². The normalized spacial score (nSPS) is 23.9. The van der Waals surface area contributed by atoms with E-state index in [1.54, 1.807) is 7.11 Å². The molecule has 2 N–H and O–H groups in total. The van der Waals surface area contributed by atoms with E-state index in [1.165, 1.54) is 0 Å². The maximum atomic E-state index is 13.2. The number of benzene rings is 2. The van der Waals surface area contributed by atoms with E-state index in [4.69, 9.17) is 9.47 Å². The third-order valence-electron chi connectivity index (χ3n) is 5.80. The summed E-state index contributed by atoms with van der Waals surface area (Å²) in [6, 6.07) is 17.6. The van der Waals surface area contributed by atoms with E-state index in [1.807, 2.05) is 54.6 Å². The van der Waals surface area contributed by atoms with Gasteiger partial charge in [0.2, 0.25) is 5.91 Å². The minimum Gasteiger partial charge on any atom is -0.496 e. The number of carbonyl (C=O) groups excluding carboxylic acids is 2. The lowest BCUT2D eigenvalue weighted by Crippen LogP contribution is -2.61. The molecule has 0 saturated carbocycles. The first-order valence-corrected chi connectivity index (χ1v) is 10.2. The Morgan fingerprint density at radius 1 is 1.23 bits per heavy atom. The minimum absolute atomic E-state index is 0.187. The summed E-state index contributed by atoms with van der Waals surface area (Å²) in [7, 11) is 1.61. The Labute approximate surface area is 176 Å². The van der Waals surface area contributed by atoms with Crippen LogP contribution in [0, 0.1) is 5.92 Å². The quantitative estimate of drug-likeness (QED) is 0.753. The van der Waals surface area contributed by atoms with Crippen LogP contribution in [0.4, 0.5) is 0 Å². The van der Waals surface area contributed by atoms with Crippen LogP contribution in [0.15, 0.2) is 54.6 Å². The van der Waals surface area contributed by atoms with Gasteiger partial charge in [0.15, 0.2) is 5.60 Å². The number of nitrogens with one attached hydrogen (secondary N) is 2. The van der Waals surface area contributed by atoms with Crippen LogP contribution in [-0.4, -0.2) is 55.7 Å². The number of para-hydroxylation sites is 1. The molecule has 2 aromatic carbocycles. The summed E-state index contributed by atoms with van der Waals surface area (Å²) in [5.74, 6) is -0.261. The topological polar surface area (TPSA) is 79.9 Å². The van der Waals surface area contributed by atoms with E-state index in [9.17, 15) is 9.59 Å². The van der Waals surface area contributed by atoms with Crippen LogP contribution in [0.3, 0.4) is 0 Å². The van der Waals surface area contributed by atoms with E-state index in [0.29, 0.717) is 39.3 Å². The molecule has 2 amide bonds. The first-order valence-electron chi connectivity index (χ1n) is 10.2. The molecule has 7 heteroatoms. The number of likely N-dealkylation sites (tertiary alicyclic amines) is 1. The van der Waals surface area contributed by atoms with Crippen LogP contribution < -0.4 is 15.4 Å². The second-order valence-corrected chi connectivity index (χ2v) is 7.73. The van der Waals surface area contributed by atoms with Crippen molar-refractivity contribution in [3.63, 3.8) is 0 Å². The van der Waals surface area contributed by atoms with Crippen molar-refractivity contribution < 1.29 is 19.1 Å². The molecule has 0 bridgehead atoms. The highest BCUT2D eigenvalue weighted by Gasteiger charge is 2.57. The van der Waals surface area contributed by atoms with Gasteiger partial charge in [0, 0.05) is 38.3 Å².